The van der Waals surface area contributed by atoms with Crippen LogP contribution in [0.25, 0.3) is 0 Å². The van der Waals surface area contributed by atoms with Crippen molar-refractivity contribution in [2.45, 2.75) is 12.1 Å². The summed E-state index contributed by atoms with van der Waals surface area (Å²) in [6.07, 6.45) is -2.33. The number of carbonyl (C=O) groups excluding carboxylic acids is 1. The number of carboxylic acid groups (broad SMARTS) is 1. The molecule has 0 spiro atoms. The summed E-state index contributed by atoms with van der Waals surface area (Å²) in [7, 11) is 0. The van der Waals surface area contributed by atoms with Gasteiger partial charge in [-0.25, -0.2) is 4.98 Å². The third-order valence-corrected chi connectivity index (χ3v) is 1.22. The number of rotatable bonds is 1. The fraction of sp³-hybridized carbons (Fsp3) is 0.250. The Morgan fingerprint density at radius 2 is 1.44 bits per heavy atom. The van der Waals surface area contributed by atoms with Crippen molar-refractivity contribution in [1.82, 2.24) is 0 Å². The van der Waals surface area contributed by atoms with Gasteiger partial charge in [-0.2, -0.15) is 22.0 Å². The van der Waals surface area contributed by atoms with Crippen molar-refractivity contribution in [2.24, 2.45) is 0 Å². The van der Waals surface area contributed by atoms with Gasteiger partial charge in [0.05, 0.1) is 0 Å². The molecule has 0 fully saturated rings. The number of halogens is 5. The van der Waals surface area contributed by atoms with E-state index in [0.29, 0.717) is 0 Å². The smallest absolute Gasteiger partial charge is 0.459 e. The lowest BCUT2D eigenvalue weighted by atomic mass is 10.3. The molecule has 1 aromatic rings. The van der Waals surface area contributed by atoms with Crippen molar-refractivity contribution in [3.8, 4) is 0 Å². The van der Waals surface area contributed by atoms with Gasteiger partial charge in [0, 0.05) is 12.1 Å². The number of aromatic amines is 1. The summed E-state index contributed by atoms with van der Waals surface area (Å²) in [5, 5.41) is 9.09. The van der Waals surface area contributed by atoms with E-state index in [4.69, 9.17) is 9.90 Å². The van der Waals surface area contributed by atoms with Crippen molar-refractivity contribution >= 4 is 5.97 Å². The van der Waals surface area contributed by atoms with Crippen molar-refractivity contribution in [1.29, 1.82) is 0 Å². The number of carboxylic acids is 1. The molecule has 0 radical (unpaired) electrons. The Labute approximate surface area is 86.5 Å². The molecule has 0 atom stereocenters. The quantitative estimate of drug-likeness (QED) is 0.672. The maximum atomic E-state index is 11.3. The van der Waals surface area contributed by atoms with Crippen molar-refractivity contribution < 1.29 is 36.8 Å². The van der Waals surface area contributed by atoms with Crippen molar-refractivity contribution in [3.63, 3.8) is 0 Å². The van der Waals surface area contributed by atoms with Crippen molar-refractivity contribution in [2.75, 3.05) is 0 Å². The zero-order chi connectivity index (χ0) is 12.8. The molecular formula is C8H6F5NO2. The number of aliphatic carboxylic acids is 1. The molecule has 0 unspecified atom stereocenters. The Balaban J connectivity index is 0.000000315. The predicted molar refractivity (Wildman–Crippen MR) is 39.0 cm³/mol. The van der Waals surface area contributed by atoms with Crippen LogP contribution in [0, 0.1) is 0 Å². The topological polar surface area (TPSA) is 54.3 Å². The summed E-state index contributed by atoms with van der Waals surface area (Å²) in [5.41, 5.74) is 0. The number of carbonyl (C=O) groups is 1. The van der Waals surface area contributed by atoms with Crippen molar-refractivity contribution in [3.05, 3.63) is 30.6 Å². The molecule has 0 aromatic carbocycles. The number of aromatic nitrogens is 1. The number of alkyl halides is 5. The van der Waals surface area contributed by atoms with Crippen LogP contribution in [-0.2, 0) is 4.79 Å². The lowest BCUT2D eigenvalue weighted by Gasteiger charge is -2.19. The highest BCUT2D eigenvalue weighted by Crippen LogP contribution is 2.34. The normalized spacial score (nSPS) is 11.3. The van der Waals surface area contributed by atoms with Gasteiger partial charge in [-0.1, -0.05) is 6.07 Å². The van der Waals surface area contributed by atoms with E-state index < -0.39 is 18.1 Å². The first kappa shape index (κ1) is 14.3. The highest BCUT2D eigenvalue weighted by atomic mass is 19.4. The molecule has 0 amide bonds. The maximum absolute atomic E-state index is 11.3. The average Bonchev–Trinajstić information content (AvgIpc) is 2.19. The minimum atomic E-state index is -6.08. The second-order valence-electron chi connectivity index (χ2n) is 2.44. The van der Waals surface area contributed by atoms with Crippen LogP contribution in [0.2, 0.25) is 0 Å². The Hall–Kier alpha value is -1.73. The molecule has 0 aliphatic heterocycles. The molecule has 1 aromatic heterocycles. The van der Waals surface area contributed by atoms with Crippen LogP contribution < -0.4 is 10.1 Å². The van der Waals surface area contributed by atoms with Gasteiger partial charge in [0.25, 0.3) is 0 Å². The second-order valence-corrected chi connectivity index (χ2v) is 2.44. The second kappa shape index (κ2) is 5.38. The molecule has 0 bridgehead atoms. The summed E-state index contributed by atoms with van der Waals surface area (Å²) in [6, 6.07) is 5.86. The number of hydrogen-bond donors (Lipinski definition) is 0. The molecule has 0 aliphatic carbocycles. The van der Waals surface area contributed by atoms with E-state index in [1.54, 1.807) is 0 Å². The monoisotopic (exact) mass is 243 g/mol. The number of pyridine rings is 1. The Kier molecular flexibility index (Phi) is 4.80. The van der Waals surface area contributed by atoms with E-state index in [-0.39, 0.29) is 0 Å². The molecule has 0 saturated carbocycles. The van der Waals surface area contributed by atoms with Gasteiger partial charge >= 0.3 is 12.1 Å². The molecule has 90 valence electrons. The van der Waals surface area contributed by atoms with Gasteiger partial charge in [0.2, 0.25) is 0 Å². The van der Waals surface area contributed by atoms with Crippen LogP contribution in [0.4, 0.5) is 22.0 Å². The molecule has 3 nitrogen and oxygen atoms in total. The average molecular weight is 243 g/mol. The van der Waals surface area contributed by atoms with Crippen LogP contribution in [0.15, 0.2) is 30.6 Å². The number of nitrogens with one attached hydrogen (secondary N) is 1. The molecule has 1 heterocycles. The van der Waals surface area contributed by atoms with Gasteiger partial charge in [-0.15, -0.1) is 0 Å². The zero-order valence-corrected chi connectivity index (χ0v) is 7.59. The lowest BCUT2D eigenvalue weighted by molar-refractivity contribution is -0.378. The Morgan fingerprint density at radius 3 is 1.50 bits per heavy atom. The van der Waals surface area contributed by atoms with E-state index in [0.717, 1.165) is 0 Å². The van der Waals surface area contributed by atoms with Crippen LogP contribution >= 0.6 is 0 Å². The minimum absolute atomic E-state index is 1.88. The summed E-state index contributed by atoms with van der Waals surface area (Å²) in [5.74, 6) is -9.20. The van der Waals surface area contributed by atoms with Crippen LogP contribution in [-0.4, -0.2) is 18.1 Å². The Bertz CT molecular complexity index is 298. The van der Waals surface area contributed by atoms with Crippen LogP contribution in [0.1, 0.15) is 0 Å². The molecular weight excluding hydrogens is 237 g/mol. The van der Waals surface area contributed by atoms with E-state index in [2.05, 4.69) is 4.98 Å². The molecule has 16 heavy (non-hydrogen) atoms. The van der Waals surface area contributed by atoms with Gasteiger partial charge < -0.3 is 9.90 Å². The third kappa shape index (κ3) is 4.20. The molecule has 1 rings (SSSR count). The highest BCUT2D eigenvalue weighted by molar-refractivity contribution is 5.74. The fourth-order valence-electron chi connectivity index (χ4n) is 0.458. The zero-order valence-electron chi connectivity index (χ0n) is 7.59. The number of hydrogen-bond acceptors (Lipinski definition) is 2. The van der Waals surface area contributed by atoms with E-state index in [1.165, 1.54) is 0 Å². The molecule has 8 heteroatoms. The first-order chi connectivity index (χ1) is 7.19. The third-order valence-electron chi connectivity index (χ3n) is 1.22. The van der Waals surface area contributed by atoms with Gasteiger partial charge in [-0.3, -0.25) is 0 Å². The molecule has 1 N–H and O–H groups in total. The molecule has 0 aliphatic rings. The van der Waals surface area contributed by atoms with Gasteiger partial charge in [0.15, 0.2) is 12.4 Å². The summed E-state index contributed by atoms with van der Waals surface area (Å²) >= 11 is 0. The number of H-pyrrole nitrogens is 1. The summed E-state index contributed by atoms with van der Waals surface area (Å²) in [4.78, 5) is 12.0. The van der Waals surface area contributed by atoms with Crippen LogP contribution in [0.5, 0.6) is 0 Å². The van der Waals surface area contributed by atoms with E-state index in [1.807, 2.05) is 30.6 Å². The maximum Gasteiger partial charge on any atom is 0.459 e. The Morgan fingerprint density at radius 1 is 1.00 bits per heavy atom. The summed E-state index contributed by atoms with van der Waals surface area (Å²) in [6.45, 7) is 0. The SMILES string of the molecule is O=C([O-])C(F)(F)C(F)(F)F.c1cc[nH+]cc1. The lowest BCUT2D eigenvalue weighted by Crippen LogP contribution is -2.51. The fourth-order valence-corrected chi connectivity index (χ4v) is 0.458. The first-order valence-corrected chi connectivity index (χ1v) is 3.76. The predicted octanol–water partition coefficient (Wildman–Crippen LogP) is 0.435. The minimum Gasteiger partial charge on any atom is -0.544 e. The van der Waals surface area contributed by atoms with E-state index >= 15 is 0 Å². The first-order valence-electron chi connectivity index (χ1n) is 3.76. The van der Waals surface area contributed by atoms with Gasteiger partial charge in [-0.05, 0) is 0 Å². The largest absolute Gasteiger partial charge is 0.544 e. The van der Waals surface area contributed by atoms with Gasteiger partial charge in [0.1, 0.15) is 5.97 Å². The molecule has 0 saturated heterocycles. The van der Waals surface area contributed by atoms with E-state index in [9.17, 15) is 22.0 Å². The highest BCUT2D eigenvalue weighted by Gasteiger charge is 2.58. The summed E-state index contributed by atoms with van der Waals surface area (Å²) < 4.78 is 55.3. The van der Waals surface area contributed by atoms with Crippen LogP contribution in [0.3, 0.4) is 0 Å². The standard InChI is InChI=1S/C5H5N.C3HF5O2/c1-2-4-6-5-3-1;4-2(5,1(9)10)3(6,7)8/h1-5H;(H,9,10).